The second-order valence-electron chi connectivity index (χ2n) is 3.49. The van der Waals surface area contributed by atoms with E-state index in [1.807, 2.05) is 0 Å². The molecule has 0 radical (unpaired) electrons. The van der Waals surface area contributed by atoms with Gasteiger partial charge < -0.3 is 35.0 Å². The molecule has 2 rings (SSSR count). The van der Waals surface area contributed by atoms with Crippen LogP contribution in [-0.2, 0) is 26.2 Å². The molecule has 122 valence electrons. The van der Waals surface area contributed by atoms with Crippen LogP contribution in [0, 0.1) is 20.2 Å². The molecule has 0 aliphatic heterocycles. The third-order valence-electron chi connectivity index (χ3n) is 2.16. The zero-order valence-electron chi connectivity index (χ0n) is 11.3. The predicted octanol–water partition coefficient (Wildman–Crippen LogP) is -3.39. The average molecular weight is 440 g/mol. The Morgan fingerprint density at radius 1 is 0.696 bits per heavy atom. The minimum atomic E-state index is -0.630. The van der Waals surface area contributed by atoms with E-state index in [2.05, 4.69) is 0 Å². The van der Waals surface area contributed by atoms with Gasteiger partial charge in [-0.05, 0) is 12.1 Å². The molecule has 0 saturated heterocycles. The van der Waals surface area contributed by atoms with Crippen LogP contribution in [-0.4, -0.2) is 20.1 Å². The summed E-state index contributed by atoms with van der Waals surface area (Å²) in [7, 11) is 0. The molecule has 0 saturated carbocycles. The van der Waals surface area contributed by atoms with Crippen LogP contribution in [0.15, 0.2) is 48.5 Å². The number of rotatable bonds is 2. The fraction of sp³-hybridized carbons (Fsp3) is 0. The summed E-state index contributed by atoms with van der Waals surface area (Å²) >= 11 is 0. The summed E-state index contributed by atoms with van der Waals surface area (Å²) in [6, 6.07) is 11.1. The van der Waals surface area contributed by atoms with Gasteiger partial charge in [-0.3, -0.25) is 20.2 Å². The van der Waals surface area contributed by atoms with E-state index in [0.717, 1.165) is 0 Å². The number of nitro benzene ring substituents is 2. The third kappa shape index (κ3) is 8.49. The molecule has 0 bridgehead atoms. The molecular formula is C12H10Cl2N2O6Zr. The number of benzene rings is 2. The Kier molecular flexibility index (Phi) is 14.6. The summed E-state index contributed by atoms with van der Waals surface area (Å²) < 4.78 is 0. The molecule has 0 atom stereocenters. The molecule has 2 N–H and O–H groups in total. The van der Waals surface area contributed by atoms with Gasteiger partial charge in [-0.15, -0.1) is 0 Å². The van der Waals surface area contributed by atoms with Crippen molar-refractivity contribution >= 4 is 11.4 Å². The van der Waals surface area contributed by atoms with Gasteiger partial charge in [0, 0.05) is 12.1 Å². The van der Waals surface area contributed by atoms with Gasteiger partial charge in [-0.25, -0.2) is 0 Å². The van der Waals surface area contributed by atoms with Crippen LogP contribution in [0.25, 0.3) is 0 Å². The number of nitrogens with zero attached hydrogens (tertiary/aromatic N) is 2. The fourth-order valence-corrected chi connectivity index (χ4v) is 1.24. The Bertz CT molecular complexity index is 589. The summed E-state index contributed by atoms with van der Waals surface area (Å²) in [6.45, 7) is 0. The van der Waals surface area contributed by atoms with Crippen LogP contribution in [0.4, 0.5) is 11.4 Å². The number of hydrogen-bond acceptors (Lipinski definition) is 6. The molecule has 0 unspecified atom stereocenters. The van der Waals surface area contributed by atoms with E-state index in [1.165, 1.54) is 48.5 Å². The first kappa shape index (κ1) is 26.2. The maximum absolute atomic E-state index is 10.1. The summed E-state index contributed by atoms with van der Waals surface area (Å²) in [5.41, 5.74) is -0.523. The molecule has 11 heteroatoms. The van der Waals surface area contributed by atoms with Crippen LogP contribution in [0.5, 0.6) is 11.5 Å². The van der Waals surface area contributed by atoms with Gasteiger partial charge >= 0.3 is 37.6 Å². The van der Waals surface area contributed by atoms with Gasteiger partial charge in [0.25, 0.3) is 0 Å². The molecule has 0 aliphatic carbocycles. The number of para-hydroxylation sites is 4. The van der Waals surface area contributed by atoms with Crippen LogP contribution in [0.2, 0.25) is 0 Å². The SMILES string of the molecule is O=[N+]([O-])c1ccccc1O.O=[N+]([O-])c1ccccc1O.[Cl-].[Cl-].[Zr+2]. The summed E-state index contributed by atoms with van der Waals surface area (Å²) in [5, 5.41) is 37.8. The van der Waals surface area contributed by atoms with E-state index in [9.17, 15) is 20.2 Å². The molecule has 0 heterocycles. The first-order valence-electron chi connectivity index (χ1n) is 5.28. The van der Waals surface area contributed by atoms with Crippen molar-refractivity contribution in [2.24, 2.45) is 0 Å². The zero-order chi connectivity index (χ0) is 15.1. The number of phenolic OH excluding ortho intramolecular Hbond substituents is 2. The molecule has 0 fully saturated rings. The number of halogens is 2. The molecular weight excluding hydrogens is 430 g/mol. The maximum Gasteiger partial charge on any atom is 2.00 e. The van der Waals surface area contributed by atoms with Gasteiger partial charge in [0.05, 0.1) is 9.85 Å². The number of phenols is 2. The first-order chi connectivity index (χ1) is 9.43. The smallest absolute Gasteiger partial charge is 1.00 e. The largest absolute Gasteiger partial charge is 2.00 e. The van der Waals surface area contributed by atoms with Crippen molar-refractivity contribution in [2.45, 2.75) is 0 Å². The van der Waals surface area contributed by atoms with Crippen molar-refractivity contribution in [3.63, 3.8) is 0 Å². The molecule has 2 aromatic rings. The van der Waals surface area contributed by atoms with Gasteiger partial charge in [0.15, 0.2) is 11.5 Å². The second kappa shape index (κ2) is 12.8. The van der Waals surface area contributed by atoms with E-state index in [-0.39, 0.29) is 73.9 Å². The summed E-state index contributed by atoms with van der Waals surface area (Å²) in [4.78, 5) is 18.9. The van der Waals surface area contributed by atoms with Crippen molar-refractivity contribution in [1.82, 2.24) is 0 Å². The van der Waals surface area contributed by atoms with Crippen LogP contribution < -0.4 is 24.8 Å². The number of hydrogen-bond donors (Lipinski definition) is 2. The Labute approximate surface area is 162 Å². The zero-order valence-corrected chi connectivity index (χ0v) is 15.3. The fourth-order valence-electron chi connectivity index (χ4n) is 1.24. The van der Waals surface area contributed by atoms with Crippen molar-refractivity contribution in [2.75, 3.05) is 0 Å². The molecule has 23 heavy (non-hydrogen) atoms. The Balaban J connectivity index is -0.000000308. The van der Waals surface area contributed by atoms with E-state index in [0.29, 0.717) is 0 Å². The topological polar surface area (TPSA) is 127 Å². The molecule has 0 amide bonds. The van der Waals surface area contributed by atoms with E-state index < -0.39 is 9.85 Å². The number of nitro groups is 2. The van der Waals surface area contributed by atoms with Crippen molar-refractivity contribution in [3.8, 4) is 11.5 Å². The van der Waals surface area contributed by atoms with Gasteiger partial charge in [0.2, 0.25) is 0 Å². The van der Waals surface area contributed by atoms with Crippen molar-refractivity contribution < 1.29 is 71.1 Å². The Morgan fingerprint density at radius 3 is 1.13 bits per heavy atom. The van der Waals surface area contributed by atoms with Gasteiger partial charge in [0.1, 0.15) is 0 Å². The average Bonchev–Trinajstić information content (AvgIpc) is 2.40. The molecule has 2 aromatic carbocycles. The molecule has 0 aromatic heterocycles. The second-order valence-corrected chi connectivity index (χ2v) is 3.49. The molecule has 8 nitrogen and oxygen atoms in total. The van der Waals surface area contributed by atoms with Crippen molar-refractivity contribution in [1.29, 1.82) is 0 Å². The van der Waals surface area contributed by atoms with Gasteiger partial charge in [-0.1, -0.05) is 24.3 Å². The van der Waals surface area contributed by atoms with Gasteiger partial charge in [-0.2, -0.15) is 0 Å². The van der Waals surface area contributed by atoms with Crippen LogP contribution in [0.3, 0.4) is 0 Å². The Morgan fingerprint density at radius 2 is 0.957 bits per heavy atom. The quantitative estimate of drug-likeness (QED) is 0.371. The maximum atomic E-state index is 10.1. The molecule has 0 spiro atoms. The van der Waals surface area contributed by atoms with Crippen LogP contribution in [0.1, 0.15) is 0 Å². The predicted molar refractivity (Wildman–Crippen MR) is 69.5 cm³/mol. The van der Waals surface area contributed by atoms with E-state index in [1.54, 1.807) is 0 Å². The van der Waals surface area contributed by atoms with Crippen molar-refractivity contribution in [3.05, 3.63) is 68.8 Å². The molecule has 0 aliphatic rings. The standard InChI is InChI=1S/2C6H5NO3.2ClH.Zr/c2*8-6-4-2-1-3-5(6)7(9)10;;;/h2*1-4,8H;2*1H;/q;;;;+2/p-2. The third-order valence-corrected chi connectivity index (χ3v) is 2.16. The number of aromatic hydroxyl groups is 2. The van der Waals surface area contributed by atoms with Crippen LogP contribution >= 0.6 is 0 Å². The van der Waals surface area contributed by atoms with E-state index in [4.69, 9.17) is 10.2 Å². The summed E-state index contributed by atoms with van der Waals surface area (Å²) in [6.07, 6.45) is 0. The Hall–Kier alpha value is -1.70. The first-order valence-corrected chi connectivity index (χ1v) is 5.28. The van der Waals surface area contributed by atoms with E-state index >= 15 is 0 Å². The minimum Gasteiger partial charge on any atom is -1.00 e. The monoisotopic (exact) mass is 438 g/mol. The summed E-state index contributed by atoms with van der Waals surface area (Å²) in [5.74, 6) is -0.597. The normalized spacial score (nSPS) is 8.00. The minimum absolute atomic E-state index is 0.